The summed E-state index contributed by atoms with van der Waals surface area (Å²) in [5.41, 5.74) is 1.33. The molecule has 0 saturated heterocycles. The van der Waals surface area contributed by atoms with Crippen LogP contribution in [0.25, 0.3) is 0 Å². The van der Waals surface area contributed by atoms with Crippen LogP contribution in [0, 0.1) is 0 Å². The van der Waals surface area contributed by atoms with Crippen LogP contribution in [0.2, 0.25) is 0 Å². The predicted octanol–water partition coefficient (Wildman–Crippen LogP) is 3.61. The maximum atomic E-state index is 11.7. The largest absolute Gasteiger partial charge is 0.490 e. The Balaban J connectivity index is 2.27. The Morgan fingerprint density at radius 2 is 2.14 bits per heavy atom. The number of ether oxygens (including phenoxy) is 3. The Hall–Kier alpha value is -2.08. The van der Waals surface area contributed by atoms with Gasteiger partial charge in [0.05, 0.1) is 23.8 Å². The number of nitrogens with zero attached hydrogens (tertiary/aromatic N) is 1. The van der Waals surface area contributed by atoms with Gasteiger partial charge in [0, 0.05) is 18.0 Å². The number of carbonyl (C=O) groups excluding carboxylic acids is 1. The van der Waals surface area contributed by atoms with Crippen molar-refractivity contribution >= 4 is 21.9 Å². The lowest BCUT2D eigenvalue weighted by Crippen LogP contribution is -2.05. The highest BCUT2D eigenvalue weighted by molar-refractivity contribution is 9.10. The number of pyridine rings is 1. The summed E-state index contributed by atoms with van der Waals surface area (Å²) in [4.78, 5) is 15.7. The molecule has 0 amide bonds. The molecule has 0 N–H and O–H groups in total. The fraction of sp³-hybridized carbons (Fsp3) is 0.250. The number of halogens is 1. The third-order valence-electron chi connectivity index (χ3n) is 2.84. The third kappa shape index (κ3) is 3.98. The van der Waals surface area contributed by atoms with Gasteiger partial charge in [-0.05, 0) is 41.1 Å². The van der Waals surface area contributed by atoms with E-state index in [0.29, 0.717) is 34.7 Å². The monoisotopic (exact) mass is 365 g/mol. The van der Waals surface area contributed by atoms with Gasteiger partial charge in [-0.3, -0.25) is 4.98 Å². The lowest BCUT2D eigenvalue weighted by molar-refractivity contribution is 0.0600. The van der Waals surface area contributed by atoms with Crippen molar-refractivity contribution in [1.29, 1.82) is 0 Å². The molecule has 0 aliphatic carbocycles. The Bertz CT molecular complexity index is 646. The van der Waals surface area contributed by atoms with Crippen LogP contribution < -0.4 is 9.47 Å². The molecule has 0 spiro atoms. The smallest absolute Gasteiger partial charge is 0.338 e. The summed E-state index contributed by atoms with van der Waals surface area (Å²) < 4.78 is 16.7. The Morgan fingerprint density at radius 3 is 2.77 bits per heavy atom. The van der Waals surface area contributed by atoms with E-state index in [-0.39, 0.29) is 0 Å². The van der Waals surface area contributed by atoms with Crippen LogP contribution in [0.3, 0.4) is 0 Å². The van der Waals surface area contributed by atoms with E-state index in [2.05, 4.69) is 20.9 Å². The summed E-state index contributed by atoms with van der Waals surface area (Å²) in [5, 5.41) is 0. The first-order valence-electron chi connectivity index (χ1n) is 6.72. The Labute approximate surface area is 137 Å². The van der Waals surface area contributed by atoms with Gasteiger partial charge in [0.2, 0.25) is 0 Å². The van der Waals surface area contributed by atoms with Gasteiger partial charge in [0.15, 0.2) is 11.5 Å². The fourth-order valence-electron chi connectivity index (χ4n) is 1.85. The highest BCUT2D eigenvalue weighted by Gasteiger charge is 2.16. The van der Waals surface area contributed by atoms with Gasteiger partial charge in [-0.1, -0.05) is 6.07 Å². The molecule has 0 fully saturated rings. The molecule has 0 bridgehead atoms. The molecule has 0 aliphatic rings. The highest BCUT2D eigenvalue weighted by atomic mass is 79.9. The first-order valence-corrected chi connectivity index (χ1v) is 7.51. The van der Waals surface area contributed by atoms with Crippen molar-refractivity contribution in [2.24, 2.45) is 0 Å². The second-order valence-electron chi connectivity index (χ2n) is 4.36. The minimum absolute atomic E-state index is 0.351. The van der Waals surface area contributed by atoms with E-state index in [1.165, 1.54) is 7.11 Å². The van der Waals surface area contributed by atoms with Gasteiger partial charge in [-0.2, -0.15) is 0 Å². The van der Waals surface area contributed by atoms with Gasteiger partial charge >= 0.3 is 5.97 Å². The number of methoxy groups -OCH3 is 1. The summed E-state index contributed by atoms with van der Waals surface area (Å²) in [6, 6.07) is 7.02. The zero-order chi connectivity index (χ0) is 15.9. The van der Waals surface area contributed by atoms with Crippen LogP contribution in [0.4, 0.5) is 0 Å². The minimum atomic E-state index is -0.430. The molecule has 2 aromatic rings. The zero-order valence-electron chi connectivity index (χ0n) is 12.3. The molecular weight excluding hydrogens is 350 g/mol. The molecule has 0 atom stereocenters. The first kappa shape index (κ1) is 16.3. The number of carbonyl (C=O) groups is 1. The molecule has 0 unspecified atom stereocenters. The van der Waals surface area contributed by atoms with Crippen molar-refractivity contribution in [3.63, 3.8) is 0 Å². The van der Waals surface area contributed by atoms with Gasteiger partial charge < -0.3 is 14.2 Å². The van der Waals surface area contributed by atoms with E-state index in [4.69, 9.17) is 14.2 Å². The lowest BCUT2D eigenvalue weighted by atomic mass is 10.2. The van der Waals surface area contributed by atoms with Crippen LogP contribution in [0.5, 0.6) is 11.5 Å². The standard InChI is InChI=1S/C16H16BrNO4/c1-3-21-14-8-12(16(19)20-2)7-13(17)15(14)22-10-11-5-4-6-18-9-11/h4-9H,3,10H2,1-2H3. The normalized spacial score (nSPS) is 10.1. The molecule has 1 heterocycles. The summed E-state index contributed by atoms with van der Waals surface area (Å²) in [5.74, 6) is 0.597. The van der Waals surface area contributed by atoms with Crippen molar-refractivity contribution in [2.45, 2.75) is 13.5 Å². The SMILES string of the molecule is CCOc1cc(C(=O)OC)cc(Br)c1OCc1cccnc1. The molecular formula is C16H16BrNO4. The van der Waals surface area contributed by atoms with Crippen LogP contribution in [-0.2, 0) is 11.3 Å². The average molecular weight is 366 g/mol. The van der Waals surface area contributed by atoms with Crippen molar-refractivity contribution in [3.8, 4) is 11.5 Å². The number of hydrogen-bond donors (Lipinski definition) is 0. The van der Waals surface area contributed by atoms with Crippen LogP contribution in [0.1, 0.15) is 22.8 Å². The molecule has 1 aromatic carbocycles. The zero-order valence-corrected chi connectivity index (χ0v) is 13.9. The summed E-state index contributed by atoms with van der Waals surface area (Å²) in [6.45, 7) is 2.67. The molecule has 0 aliphatic heterocycles. The second-order valence-corrected chi connectivity index (χ2v) is 5.21. The maximum Gasteiger partial charge on any atom is 0.338 e. The Kier molecular flexibility index (Phi) is 5.77. The second kappa shape index (κ2) is 7.79. The highest BCUT2D eigenvalue weighted by Crippen LogP contribution is 2.37. The van der Waals surface area contributed by atoms with E-state index in [0.717, 1.165) is 5.56 Å². The molecule has 22 heavy (non-hydrogen) atoms. The van der Waals surface area contributed by atoms with Crippen molar-refractivity contribution in [1.82, 2.24) is 4.98 Å². The molecule has 2 rings (SSSR count). The predicted molar refractivity (Wildman–Crippen MR) is 85.2 cm³/mol. The third-order valence-corrected chi connectivity index (χ3v) is 3.43. The van der Waals surface area contributed by atoms with Gasteiger partial charge in [-0.25, -0.2) is 4.79 Å². The number of rotatable bonds is 6. The van der Waals surface area contributed by atoms with Crippen LogP contribution >= 0.6 is 15.9 Å². The van der Waals surface area contributed by atoms with Gasteiger partial charge in [0.1, 0.15) is 6.61 Å². The van der Waals surface area contributed by atoms with E-state index >= 15 is 0 Å². The van der Waals surface area contributed by atoms with E-state index < -0.39 is 5.97 Å². The topological polar surface area (TPSA) is 57.7 Å². The fourth-order valence-corrected chi connectivity index (χ4v) is 2.40. The number of aromatic nitrogens is 1. The van der Waals surface area contributed by atoms with E-state index in [1.807, 2.05) is 19.1 Å². The van der Waals surface area contributed by atoms with Gasteiger partial charge in [-0.15, -0.1) is 0 Å². The number of hydrogen-bond acceptors (Lipinski definition) is 5. The number of benzene rings is 1. The molecule has 0 saturated carbocycles. The molecule has 6 heteroatoms. The van der Waals surface area contributed by atoms with E-state index in [1.54, 1.807) is 24.5 Å². The van der Waals surface area contributed by atoms with Crippen LogP contribution in [0.15, 0.2) is 41.1 Å². The summed E-state index contributed by atoms with van der Waals surface area (Å²) in [7, 11) is 1.34. The van der Waals surface area contributed by atoms with Gasteiger partial charge in [0.25, 0.3) is 0 Å². The molecule has 116 valence electrons. The summed E-state index contributed by atoms with van der Waals surface area (Å²) in [6.07, 6.45) is 3.44. The number of esters is 1. The first-order chi connectivity index (χ1) is 10.7. The summed E-state index contributed by atoms with van der Waals surface area (Å²) >= 11 is 3.41. The van der Waals surface area contributed by atoms with Crippen molar-refractivity contribution in [2.75, 3.05) is 13.7 Å². The van der Waals surface area contributed by atoms with Crippen LogP contribution in [-0.4, -0.2) is 24.7 Å². The average Bonchev–Trinajstić information content (AvgIpc) is 2.54. The van der Waals surface area contributed by atoms with Crippen molar-refractivity contribution < 1.29 is 19.0 Å². The minimum Gasteiger partial charge on any atom is -0.490 e. The maximum absolute atomic E-state index is 11.7. The molecule has 1 aromatic heterocycles. The van der Waals surface area contributed by atoms with Crippen molar-refractivity contribution in [3.05, 3.63) is 52.3 Å². The lowest BCUT2D eigenvalue weighted by Gasteiger charge is -2.15. The Morgan fingerprint density at radius 1 is 1.32 bits per heavy atom. The molecule has 0 radical (unpaired) electrons. The quantitative estimate of drug-likeness (QED) is 0.731. The van der Waals surface area contributed by atoms with E-state index in [9.17, 15) is 4.79 Å². The molecule has 5 nitrogen and oxygen atoms in total.